The summed E-state index contributed by atoms with van der Waals surface area (Å²) in [6.07, 6.45) is 22.5. The van der Waals surface area contributed by atoms with Crippen LogP contribution in [0.3, 0.4) is 0 Å². The predicted molar refractivity (Wildman–Crippen MR) is 117 cm³/mol. The molecule has 164 valence electrons. The van der Waals surface area contributed by atoms with Gasteiger partial charge >= 0.3 is 11.9 Å². The van der Waals surface area contributed by atoms with Crippen molar-refractivity contribution in [2.24, 2.45) is 0 Å². The van der Waals surface area contributed by atoms with E-state index in [1.165, 1.54) is 57.8 Å². The molecule has 0 spiro atoms. The standard InChI is InChI=1S/C24H44O4/c1-2-3-4-5-6-7-8-9-10-13-16-19-22(24(27)28)20-17-14-11-12-15-18-21-23(25)26/h19H,2-18,20-21H2,1H3,(H,25,26)(H,27,28). The van der Waals surface area contributed by atoms with Gasteiger partial charge in [-0.2, -0.15) is 0 Å². The van der Waals surface area contributed by atoms with Gasteiger partial charge in [0.25, 0.3) is 0 Å². The third-order valence-electron chi connectivity index (χ3n) is 5.31. The molecular formula is C24H44O4. The minimum absolute atomic E-state index is 0.255. The lowest BCUT2D eigenvalue weighted by Crippen LogP contribution is -2.01. The fraction of sp³-hybridized carbons (Fsp3) is 0.833. The molecule has 4 nitrogen and oxygen atoms in total. The smallest absolute Gasteiger partial charge is 0.331 e. The van der Waals surface area contributed by atoms with Crippen LogP contribution in [0.25, 0.3) is 0 Å². The van der Waals surface area contributed by atoms with Gasteiger partial charge in [0.2, 0.25) is 0 Å². The molecule has 0 radical (unpaired) electrons. The summed E-state index contributed by atoms with van der Waals surface area (Å²) in [7, 11) is 0. The highest BCUT2D eigenvalue weighted by Gasteiger charge is 2.06. The Morgan fingerprint density at radius 1 is 0.607 bits per heavy atom. The molecule has 0 heterocycles. The van der Waals surface area contributed by atoms with Crippen molar-refractivity contribution < 1.29 is 19.8 Å². The lowest BCUT2D eigenvalue weighted by molar-refractivity contribution is -0.137. The zero-order valence-corrected chi connectivity index (χ0v) is 18.2. The van der Waals surface area contributed by atoms with Gasteiger partial charge in [-0.15, -0.1) is 0 Å². The van der Waals surface area contributed by atoms with Gasteiger partial charge in [-0.3, -0.25) is 4.79 Å². The van der Waals surface area contributed by atoms with Crippen molar-refractivity contribution in [3.63, 3.8) is 0 Å². The molecule has 0 amide bonds. The summed E-state index contributed by atoms with van der Waals surface area (Å²) in [6, 6.07) is 0. The third kappa shape index (κ3) is 19.4. The van der Waals surface area contributed by atoms with Gasteiger partial charge in [0.05, 0.1) is 0 Å². The zero-order chi connectivity index (χ0) is 20.9. The van der Waals surface area contributed by atoms with E-state index in [4.69, 9.17) is 5.11 Å². The maximum absolute atomic E-state index is 11.4. The summed E-state index contributed by atoms with van der Waals surface area (Å²) in [4.78, 5) is 21.8. The minimum Gasteiger partial charge on any atom is -0.481 e. The lowest BCUT2D eigenvalue weighted by Gasteiger charge is -2.04. The van der Waals surface area contributed by atoms with Crippen molar-refractivity contribution in [2.45, 2.75) is 129 Å². The van der Waals surface area contributed by atoms with Gasteiger partial charge in [-0.05, 0) is 32.1 Å². The maximum Gasteiger partial charge on any atom is 0.331 e. The molecule has 0 aliphatic carbocycles. The van der Waals surface area contributed by atoms with Crippen LogP contribution in [0.15, 0.2) is 11.6 Å². The molecule has 0 aromatic carbocycles. The molecule has 0 aromatic heterocycles. The first kappa shape index (κ1) is 26.7. The molecule has 0 rings (SSSR count). The Balaban J connectivity index is 3.60. The number of aliphatic carboxylic acids is 2. The van der Waals surface area contributed by atoms with Crippen molar-refractivity contribution in [3.05, 3.63) is 11.6 Å². The number of unbranched alkanes of at least 4 members (excludes halogenated alkanes) is 15. The van der Waals surface area contributed by atoms with Crippen LogP contribution >= 0.6 is 0 Å². The molecular weight excluding hydrogens is 352 g/mol. The molecule has 0 aliphatic heterocycles. The Morgan fingerprint density at radius 2 is 1.04 bits per heavy atom. The summed E-state index contributed by atoms with van der Waals surface area (Å²) in [5.74, 6) is -1.49. The van der Waals surface area contributed by atoms with E-state index < -0.39 is 11.9 Å². The van der Waals surface area contributed by atoms with Gasteiger partial charge in [-0.25, -0.2) is 4.79 Å². The van der Waals surface area contributed by atoms with Gasteiger partial charge in [0.1, 0.15) is 0 Å². The van der Waals surface area contributed by atoms with Gasteiger partial charge in [-0.1, -0.05) is 96.5 Å². The van der Waals surface area contributed by atoms with E-state index in [9.17, 15) is 14.7 Å². The highest BCUT2D eigenvalue weighted by molar-refractivity contribution is 5.86. The van der Waals surface area contributed by atoms with E-state index in [-0.39, 0.29) is 6.42 Å². The first-order chi connectivity index (χ1) is 13.6. The second-order valence-corrected chi connectivity index (χ2v) is 8.02. The van der Waals surface area contributed by atoms with Gasteiger partial charge < -0.3 is 10.2 Å². The van der Waals surface area contributed by atoms with E-state index in [1.54, 1.807) is 0 Å². The summed E-state index contributed by atoms with van der Waals surface area (Å²) >= 11 is 0. The Morgan fingerprint density at radius 3 is 1.50 bits per heavy atom. The lowest BCUT2D eigenvalue weighted by atomic mass is 10.0. The highest BCUT2D eigenvalue weighted by atomic mass is 16.4. The topological polar surface area (TPSA) is 74.6 Å². The number of hydrogen-bond donors (Lipinski definition) is 2. The second kappa shape index (κ2) is 20.4. The van der Waals surface area contributed by atoms with Crippen molar-refractivity contribution >= 4 is 11.9 Å². The first-order valence-corrected chi connectivity index (χ1v) is 11.7. The van der Waals surface area contributed by atoms with Crippen LogP contribution < -0.4 is 0 Å². The average Bonchev–Trinajstić information content (AvgIpc) is 2.65. The molecule has 0 aromatic rings. The Bertz CT molecular complexity index is 415. The number of rotatable bonds is 21. The SMILES string of the molecule is CCCCCCCCCCCCC=C(CCCCCCCCC(=O)O)C(=O)O. The highest BCUT2D eigenvalue weighted by Crippen LogP contribution is 2.15. The molecule has 2 N–H and O–H groups in total. The van der Waals surface area contributed by atoms with Crippen molar-refractivity contribution in [1.82, 2.24) is 0 Å². The number of allylic oxidation sites excluding steroid dienone is 1. The largest absolute Gasteiger partial charge is 0.481 e. The summed E-state index contributed by atoms with van der Waals surface area (Å²) < 4.78 is 0. The Hall–Kier alpha value is -1.32. The maximum atomic E-state index is 11.4. The average molecular weight is 397 g/mol. The molecule has 0 atom stereocenters. The van der Waals surface area contributed by atoms with Crippen LogP contribution in [-0.2, 0) is 9.59 Å². The van der Waals surface area contributed by atoms with E-state index in [2.05, 4.69) is 6.92 Å². The monoisotopic (exact) mass is 396 g/mol. The summed E-state index contributed by atoms with van der Waals surface area (Å²) in [5.41, 5.74) is 0.571. The Kier molecular flexibility index (Phi) is 19.5. The third-order valence-corrected chi connectivity index (χ3v) is 5.31. The zero-order valence-electron chi connectivity index (χ0n) is 18.2. The molecule has 0 bridgehead atoms. The number of hydrogen-bond acceptors (Lipinski definition) is 2. The summed E-state index contributed by atoms with van der Waals surface area (Å²) in [5, 5.41) is 17.9. The second-order valence-electron chi connectivity index (χ2n) is 8.02. The van der Waals surface area contributed by atoms with E-state index in [0.717, 1.165) is 51.4 Å². The molecule has 0 saturated carbocycles. The van der Waals surface area contributed by atoms with Crippen LogP contribution in [-0.4, -0.2) is 22.2 Å². The van der Waals surface area contributed by atoms with E-state index in [0.29, 0.717) is 12.0 Å². The van der Waals surface area contributed by atoms with Crippen LogP contribution in [0.4, 0.5) is 0 Å². The van der Waals surface area contributed by atoms with Crippen molar-refractivity contribution in [2.75, 3.05) is 0 Å². The molecule has 0 fully saturated rings. The summed E-state index contributed by atoms with van der Waals surface area (Å²) in [6.45, 7) is 2.25. The Labute approximate surface area is 172 Å². The molecule has 28 heavy (non-hydrogen) atoms. The van der Waals surface area contributed by atoms with Crippen molar-refractivity contribution in [1.29, 1.82) is 0 Å². The predicted octanol–water partition coefficient (Wildman–Crippen LogP) is 7.51. The van der Waals surface area contributed by atoms with Crippen molar-refractivity contribution in [3.8, 4) is 0 Å². The quantitative estimate of drug-likeness (QED) is 0.155. The van der Waals surface area contributed by atoms with Crippen LogP contribution in [0.2, 0.25) is 0 Å². The molecule has 0 unspecified atom stereocenters. The molecule has 0 aliphatic rings. The number of carboxylic acid groups (broad SMARTS) is 2. The van der Waals surface area contributed by atoms with Gasteiger partial charge in [0.15, 0.2) is 0 Å². The minimum atomic E-state index is -0.770. The van der Waals surface area contributed by atoms with Crippen LogP contribution in [0, 0.1) is 0 Å². The fourth-order valence-corrected chi connectivity index (χ4v) is 3.50. The van der Waals surface area contributed by atoms with E-state index >= 15 is 0 Å². The number of carboxylic acids is 2. The molecule has 4 heteroatoms. The normalized spacial score (nSPS) is 11.7. The van der Waals surface area contributed by atoms with Gasteiger partial charge in [0, 0.05) is 12.0 Å². The fourth-order valence-electron chi connectivity index (χ4n) is 3.50. The number of carbonyl (C=O) groups is 2. The first-order valence-electron chi connectivity index (χ1n) is 11.7. The van der Waals surface area contributed by atoms with Crippen LogP contribution in [0.1, 0.15) is 129 Å². The molecule has 0 saturated heterocycles. The van der Waals surface area contributed by atoms with Crippen LogP contribution in [0.5, 0.6) is 0 Å². The van der Waals surface area contributed by atoms with E-state index in [1.807, 2.05) is 6.08 Å².